The topological polar surface area (TPSA) is 56.3 Å². The van der Waals surface area contributed by atoms with Gasteiger partial charge in [-0.25, -0.2) is 4.98 Å². The SMILES string of the molecule is COS(=O)(=O)Cc1cccnc1F. The highest BCUT2D eigenvalue weighted by Crippen LogP contribution is 2.08. The molecule has 0 radical (unpaired) electrons. The zero-order valence-corrected chi connectivity index (χ0v) is 7.71. The molecule has 6 heteroatoms. The molecule has 0 N–H and O–H groups in total. The molecule has 0 spiro atoms. The number of hydrogen-bond donors (Lipinski definition) is 0. The Morgan fingerprint density at radius 1 is 1.62 bits per heavy atom. The second-order valence-electron chi connectivity index (χ2n) is 2.32. The summed E-state index contributed by atoms with van der Waals surface area (Å²) in [4.78, 5) is 3.31. The lowest BCUT2D eigenvalue weighted by atomic mass is 10.3. The minimum atomic E-state index is -3.68. The quantitative estimate of drug-likeness (QED) is 0.538. The summed E-state index contributed by atoms with van der Waals surface area (Å²) in [5.74, 6) is -1.29. The molecular weight excluding hydrogens is 197 g/mol. The highest BCUT2D eigenvalue weighted by molar-refractivity contribution is 7.85. The molecule has 0 aliphatic heterocycles. The number of halogens is 1. The van der Waals surface area contributed by atoms with Gasteiger partial charge in [0.05, 0.1) is 7.11 Å². The zero-order valence-electron chi connectivity index (χ0n) is 6.90. The molecule has 1 aromatic rings. The number of nitrogens with zero attached hydrogens (tertiary/aromatic N) is 1. The Bertz CT molecular complexity index is 390. The smallest absolute Gasteiger partial charge is 0.271 e. The van der Waals surface area contributed by atoms with Gasteiger partial charge in [0.1, 0.15) is 5.75 Å². The van der Waals surface area contributed by atoms with Gasteiger partial charge in [-0.1, -0.05) is 6.07 Å². The van der Waals surface area contributed by atoms with Crippen molar-refractivity contribution >= 4 is 10.1 Å². The van der Waals surface area contributed by atoms with E-state index in [1.165, 1.54) is 18.3 Å². The molecule has 0 amide bonds. The maximum atomic E-state index is 12.8. The van der Waals surface area contributed by atoms with Crippen LogP contribution in [0.15, 0.2) is 18.3 Å². The van der Waals surface area contributed by atoms with E-state index < -0.39 is 21.8 Å². The van der Waals surface area contributed by atoms with E-state index in [9.17, 15) is 12.8 Å². The van der Waals surface area contributed by atoms with Crippen molar-refractivity contribution in [2.45, 2.75) is 5.75 Å². The van der Waals surface area contributed by atoms with Crippen molar-refractivity contribution in [3.05, 3.63) is 29.8 Å². The Kier molecular flexibility index (Phi) is 2.94. The number of pyridine rings is 1. The van der Waals surface area contributed by atoms with Crippen LogP contribution in [0.3, 0.4) is 0 Å². The summed E-state index contributed by atoms with van der Waals surface area (Å²) in [6.45, 7) is 0. The number of hydrogen-bond acceptors (Lipinski definition) is 4. The average molecular weight is 205 g/mol. The van der Waals surface area contributed by atoms with Gasteiger partial charge in [0.2, 0.25) is 5.95 Å². The Morgan fingerprint density at radius 2 is 2.31 bits per heavy atom. The van der Waals surface area contributed by atoms with Crippen molar-refractivity contribution in [2.24, 2.45) is 0 Å². The molecule has 0 aromatic carbocycles. The van der Waals surface area contributed by atoms with Crippen LogP contribution in [0.4, 0.5) is 4.39 Å². The molecule has 72 valence electrons. The van der Waals surface area contributed by atoms with Gasteiger partial charge in [-0.15, -0.1) is 0 Å². The van der Waals surface area contributed by atoms with E-state index in [-0.39, 0.29) is 5.56 Å². The molecule has 0 atom stereocenters. The molecule has 1 rings (SSSR count). The van der Waals surface area contributed by atoms with Gasteiger partial charge in [-0.05, 0) is 6.07 Å². The maximum Gasteiger partial charge on any atom is 0.271 e. The lowest BCUT2D eigenvalue weighted by Crippen LogP contribution is -2.07. The summed E-state index contributed by atoms with van der Waals surface area (Å²) in [5.41, 5.74) is 0.00403. The predicted octanol–water partition coefficient (Wildman–Crippen LogP) is 0.697. The van der Waals surface area contributed by atoms with Crippen LogP contribution in [0.1, 0.15) is 5.56 Å². The first-order valence-electron chi connectivity index (χ1n) is 3.43. The monoisotopic (exact) mass is 205 g/mol. The van der Waals surface area contributed by atoms with E-state index in [0.29, 0.717) is 0 Å². The van der Waals surface area contributed by atoms with Crippen LogP contribution in [0.2, 0.25) is 0 Å². The predicted molar refractivity (Wildman–Crippen MR) is 43.8 cm³/mol. The van der Waals surface area contributed by atoms with Crippen molar-refractivity contribution in [1.82, 2.24) is 4.98 Å². The summed E-state index contributed by atoms with van der Waals surface area (Å²) in [5, 5.41) is 0. The fraction of sp³-hybridized carbons (Fsp3) is 0.286. The van der Waals surface area contributed by atoms with Crippen LogP contribution in [0, 0.1) is 5.95 Å². The average Bonchev–Trinajstić information content (AvgIpc) is 2.09. The van der Waals surface area contributed by atoms with Crippen LogP contribution in [0.25, 0.3) is 0 Å². The highest BCUT2D eigenvalue weighted by atomic mass is 32.2. The van der Waals surface area contributed by atoms with Crippen LogP contribution < -0.4 is 0 Å². The molecule has 13 heavy (non-hydrogen) atoms. The Morgan fingerprint density at radius 3 is 2.85 bits per heavy atom. The highest BCUT2D eigenvalue weighted by Gasteiger charge is 2.13. The summed E-state index contributed by atoms with van der Waals surface area (Å²) >= 11 is 0. The van der Waals surface area contributed by atoms with Crippen molar-refractivity contribution < 1.29 is 17.0 Å². The van der Waals surface area contributed by atoms with E-state index in [0.717, 1.165) is 7.11 Å². The van der Waals surface area contributed by atoms with E-state index in [1.807, 2.05) is 0 Å². The first-order valence-corrected chi connectivity index (χ1v) is 5.00. The lowest BCUT2D eigenvalue weighted by molar-refractivity contribution is 0.396. The third kappa shape index (κ3) is 2.74. The fourth-order valence-electron chi connectivity index (χ4n) is 0.776. The van der Waals surface area contributed by atoms with E-state index in [2.05, 4.69) is 9.17 Å². The Balaban J connectivity index is 2.93. The minimum absolute atomic E-state index is 0.00403. The molecule has 1 heterocycles. The summed E-state index contributed by atoms with van der Waals surface area (Å²) in [6.07, 6.45) is 1.25. The zero-order chi connectivity index (χ0) is 9.90. The van der Waals surface area contributed by atoms with Crippen molar-refractivity contribution in [2.75, 3.05) is 7.11 Å². The molecule has 0 aliphatic rings. The lowest BCUT2D eigenvalue weighted by Gasteiger charge is -2.01. The van der Waals surface area contributed by atoms with E-state index in [4.69, 9.17) is 0 Å². The molecule has 4 nitrogen and oxygen atoms in total. The third-order valence-corrected chi connectivity index (χ3v) is 2.59. The van der Waals surface area contributed by atoms with Gasteiger partial charge in [0.15, 0.2) is 0 Å². The molecule has 0 fully saturated rings. The van der Waals surface area contributed by atoms with Gasteiger partial charge in [-0.3, -0.25) is 4.18 Å². The molecule has 1 aromatic heterocycles. The first-order chi connectivity index (χ1) is 6.05. The molecule has 0 saturated heterocycles. The van der Waals surface area contributed by atoms with Crippen LogP contribution in [0.5, 0.6) is 0 Å². The van der Waals surface area contributed by atoms with Crippen LogP contribution >= 0.6 is 0 Å². The largest absolute Gasteiger partial charge is 0.273 e. The maximum absolute atomic E-state index is 12.8. The van der Waals surface area contributed by atoms with Gasteiger partial charge in [0, 0.05) is 11.8 Å². The molecule has 0 aliphatic carbocycles. The normalized spacial score (nSPS) is 11.5. The fourth-order valence-corrected chi connectivity index (χ4v) is 1.49. The Hall–Kier alpha value is -1.01. The molecule has 0 bridgehead atoms. The first kappa shape index (κ1) is 10.1. The second kappa shape index (κ2) is 3.80. The number of rotatable bonds is 3. The van der Waals surface area contributed by atoms with Gasteiger partial charge in [-0.2, -0.15) is 12.8 Å². The van der Waals surface area contributed by atoms with Crippen molar-refractivity contribution in [3.8, 4) is 0 Å². The van der Waals surface area contributed by atoms with Gasteiger partial charge in [0.25, 0.3) is 10.1 Å². The van der Waals surface area contributed by atoms with E-state index >= 15 is 0 Å². The van der Waals surface area contributed by atoms with Gasteiger partial charge < -0.3 is 0 Å². The van der Waals surface area contributed by atoms with Gasteiger partial charge >= 0.3 is 0 Å². The van der Waals surface area contributed by atoms with Crippen molar-refractivity contribution in [3.63, 3.8) is 0 Å². The summed E-state index contributed by atoms with van der Waals surface area (Å²) < 4.78 is 38.8. The third-order valence-electron chi connectivity index (χ3n) is 1.42. The molecule has 0 unspecified atom stereocenters. The second-order valence-corrected chi connectivity index (χ2v) is 4.06. The standard InChI is InChI=1S/C7H8FNO3S/c1-12-13(10,11)5-6-3-2-4-9-7(6)8/h2-4H,5H2,1H3. The van der Waals surface area contributed by atoms with Crippen LogP contribution in [-0.4, -0.2) is 20.5 Å². The molecule has 0 saturated carbocycles. The number of aromatic nitrogens is 1. The summed E-state index contributed by atoms with van der Waals surface area (Å²) in [6, 6.07) is 2.81. The minimum Gasteiger partial charge on any atom is -0.273 e. The Labute approximate surface area is 75.5 Å². The summed E-state index contributed by atoms with van der Waals surface area (Å²) in [7, 11) is -2.64. The van der Waals surface area contributed by atoms with Crippen LogP contribution in [-0.2, 0) is 20.1 Å². The molecular formula is C7H8FNO3S. The van der Waals surface area contributed by atoms with E-state index in [1.54, 1.807) is 0 Å². The van der Waals surface area contributed by atoms with Crippen molar-refractivity contribution in [1.29, 1.82) is 0 Å².